The number of aromatic nitrogens is 2. The summed E-state index contributed by atoms with van der Waals surface area (Å²) in [5, 5.41) is 9.91. The first-order valence-corrected chi connectivity index (χ1v) is 9.34. The van der Waals surface area contributed by atoms with Crippen LogP contribution in [-0.4, -0.2) is 69.5 Å². The molecule has 0 bridgehead atoms. The maximum atomic E-state index is 13.3. The number of imidazole rings is 1. The van der Waals surface area contributed by atoms with E-state index >= 15 is 0 Å². The largest absolute Gasteiger partial charge is 0.481 e. The molecular formula is C20H24N4O3. The van der Waals surface area contributed by atoms with Crippen molar-refractivity contribution in [3.05, 3.63) is 42.2 Å². The smallest absolute Gasteiger partial charge is 0.311 e. The number of carboxylic acids is 1. The van der Waals surface area contributed by atoms with E-state index in [9.17, 15) is 14.7 Å². The molecule has 0 unspecified atom stereocenters. The topological polar surface area (TPSA) is 89.5 Å². The molecule has 2 fully saturated rings. The number of hydrogen-bond donors (Lipinski definition) is 2. The van der Waals surface area contributed by atoms with E-state index in [0.29, 0.717) is 37.3 Å². The fraction of sp³-hybridized carbons (Fsp3) is 0.450. The second-order valence-electron chi connectivity index (χ2n) is 7.55. The van der Waals surface area contributed by atoms with Crippen molar-refractivity contribution in [1.82, 2.24) is 19.8 Å². The third-order valence-electron chi connectivity index (χ3n) is 6.15. The van der Waals surface area contributed by atoms with Crippen LogP contribution in [-0.2, 0) is 4.79 Å². The number of nitrogens with zero attached hydrogens (tertiary/aromatic N) is 3. The van der Waals surface area contributed by atoms with Gasteiger partial charge in [0.15, 0.2) is 0 Å². The van der Waals surface area contributed by atoms with Crippen LogP contribution in [0.4, 0.5) is 0 Å². The summed E-state index contributed by atoms with van der Waals surface area (Å²) in [6.07, 6.45) is 5.45. The second kappa shape index (κ2) is 6.81. The molecule has 142 valence electrons. The van der Waals surface area contributed by atoms with E-state index in [2.05, 4.69) is 14.9 Å². The molecule has 1 amide bonds. The number of likely N-dealkylation sites (tertiary alicyclic amines) is 2. The van der Waals surface area contributed by atoms with Crippen LogP contribution in [0, 0.1) is 5.41 Å². The van der Waals surface area contributed by atoms with Gasteiger partial charge in [0.05, 0.1) is 11.0 Å². The molecule has 7 heteroatoms. The van der Waals surface area contributed by atoms with E-state index in [4.69, 9.17) is 0 Å². The minimum atomic E-state index is -0.746. The molecule has 1 aromatic heterocycles. The Morgan fingerprint density at radius 2 is 2.07 bits per heavy atom. The standard InChI is InChI=1S/C20H24N4O3/c1-23-11-4-7-20(19(26)27)8-12-24(13-16(20)23)18(25)15-6-3-2-5-14(15)17-21-9-10-22-17/h2-3,5-6,9-10,16H,4,7-8,11-13H2,1H3,(H,21,22)(H,26,27)/t16-,20+/m1/s1. The van der Waals surface area contributed by atoms with Crippen LogP contribution in [0.2, 0.25) is 0 Å². The fourth-order valence-corrected chi connectivity index (χ4v) is 4.63. The molecule has 3 heterocycles. The molecule has 4 rings (SSSR count). The van der Waals surface area contributed by atoms with Gasteiger partial charge in [-0.15, -0.1) is 0 Å². The van der Waals surface area contributed by atoms with Crippen LogP contribution >= 0.6 is 0 Å². The van der Waals surface area contributed by atoms with Crippen molar-refractivity contribution >= 4 is 11.9 Å². The lowest BCUT2D eigenvalue weighted by atomic mass is 9.68. The summed E-state index contributed by atoms with van der Waals surface area (Å²) in [5.41, 5.74) is 0.609. The number of rotatable bonds is 3. The van der Waals surface area contributed by atoms with Crippen LogP contribution < -0.4 is 0 Å². The highest BCUT2D eigenvalue weighted by atomic mass is 16.4. The number of aromatic amines is 1. The zero-order valence-electron chi connectivity index (χ0n) is 15.4. The van der Waals surface area contributed by atoms with E-state index in [-0.39, 0.29) is 11.9 Å². The Morgan fingerprint density at radius 1 is 1.26 bits per heavy atom. The van der Waals surface area contributed by atoms with Crippen LogP contribution in [0.15, 0.2) is 36.7 Å². The van der Waals surface area contributed by atoms with Crippen molar-refractivity contribution in [2.45, 2.75) is 25.3 Å². The number of nitrogens with one attached hydrogen (secondary N) is 1. The minimum Gasteiger partial charge on any atom is -0.481 e. The van der Waals surface area contributed by atoms with Gasteiger partial charge in [0.1, 0.15) is 5.82 Å². The molecular weight excluding hydrogens is 344 g/mol. The molecule has 0 aliphatic carbocycles. The highest BCUT2D eigenvalue weighted by Gasteiger charge is 2.52. The summed E-state index contributed by atoms with van der Waals surface area (Å²) >= 11 is 0. The quantitative estimate of drug-likeness (QED) is 0.866. The molecule has 2 aliphatic rings. The minimum absolute atomic E-state index is 0.0695. The van der Waals surface area contributed by atoms with Gasteiger partial charge in [-0.25, -0.2) is 4.98 Å². The number of amides is 1. The lowest BCUT2D eigenvalue weighted by Gasteiger charge is -2.51. The van der Waals surface area contributed by atoms with Gasteiger partial charge in [0.25, 0.3) is 5.91 Å². The van der Waals surface area contributed by atoms with Crippen molar-refractivity contribution < 1.29 is 14.7 Å². The molecule has 7 nitrogen and oxygen atoms in total. The summed E-state index contributed by atoms with van der Waals surface area (Å²) < 4.78 is 0. The summed E-state index contributed by atoms with van der Waals surface area (Å²) in [7, 11) is 1.96. The van der Waals surface area contributed by atoms with Crippen molar-refractivity contribution in [3.63, 3.8) is 0 Å². The van der Waals surface area contributed by atoms with Crippen LogP contribution in [0.5, 0.6) is 0 Å². The predicted molar refractivity (Wildman–Crippen MR) is 100 cm³/mol. The summed E-state index contributed by atoms with van der Waals surface area (Å²) in [6, 6.07) is 7.26. The number of carbonyl (C=O) groups is 2. The Bertz CT molecular complexity index is 851. The van der Waals surface area contributed by atoms with Gasteiger partial charge in [0, 0.05) is 37.1 Å². The average Bonchev–Trinajstić information content (AvgIpc) is 3.22. The van der Waals surface area contributed by atoms with Gasteiger partial charge < -0.3 is 19.9 Å². The van der Waals surface area contributed by atoms with E-state index in [1.807, 2.05) is 31.3 Å². The molecule has 2 saturated heterocycles. The number of piperidine rings is 2. The predicted octanol–water partition coefficient (Wildman–Crippen LogP) is 2.09. The number of H-pyrrole nitrogens is 1. The first kappa shape index (κ1) is 17.7. The van der Waals surface area contributed by atoms with E-state index in [0.717, 1.165) is 18.5 Å². The van der Waals surface area contributed by atoms with Gasteiger partial charge in [0.2, 0.25) is 0 Å². The molecule has 2 aromatic rings. The monoisotopic (exact) mass is 368 g/mol. The maximum Gasteiger partial charge on any atom is 0.311 e. The van der Waals surface area contributed by atoms with Crippen LogP contribution in [0.3, 0.4) is 0 Å². The van der Waals surface area contributed by atoms with Crippen molar-refractivity contribution in [3.8, 4) is 11.4 Å². The fourth-order valence-electron chi connectivity index (χ4n) is 4.63. The zero-order valence-corrected chi connectivity index (χ0v) is 15.4. The van der Waals surface area contributed by atoms with Gasteiger partial charge in [-0.05, 0) is 38.9 Å². The number of carbonyl (C=O) groups excluding carboxylic acids is 1. The summed E-state index contributed by atoms with van der Waals surface area (Å²) in [4.78, 5) is 36.6. The van der Waals surface area contributed by atoms with E-state index < -0.39 is 11.4 Å². The second-order valence-corrected chi connectivity index (χ2v) is 7.55. The highest BCUT2D eigenvalue weighted by molar-refractivity contribution is 6.00. The number of fused-ring (bicyclic) bond motifs is 1. The summed E-state index contributed by atoms with van der Waals surface area (Å²) in [6.45, 7) is 1.76. The number of benzene rings is 1. The SMILES string of the molecule is CN1CCC[C@]2(C(=O)O)CCN(C(=O)c3ccccc3-c3ncc[nH]3)C[C@@H]12. The third-order valence-corrected chi connectivity index (χ3v) is 6.15. The normalized spacial score (nSPS) is 25.8. The number of aliphatic carboxylic acids is 1. The van der Waals surface area contributed by atoms with Crippen LogP contribution in [0.1, 0.15) is 29.6 Å². The Morgan fingerprint density at radius 3 is 2.81 bits per heavy atom. The van der Waals surface area contributed by atoms with Crippen LogP contribution in [0.25, 0.3) is 11.4 Å². The summed E-state index contributed by atoms with van der Waals surface area (Å²) in [5.74, 6) is -0.146. The Balaban J connectivity index is 1.63. The van der Waals surface area contributed by atoms with Crippen molar-refractivity contribution in [2.24, 2.45) is 5.41 Å². The van der Waals surface area contributed by atoms with Gasteiger partial charge in [-0.2, -0.15) is 0 Å². The number of carboxylic acid groups (broad SMARTS) is 1. The molecule has 0 spiro atoms. The third kappa shape index (κ3) is 2.92. The van der Waals surface area contributed by atoms with Crippen molar-refractivity contribution in [1.29, 1.82) is 0 Å². The lowest BCUT2D eigenvalue weighted by molar-refractivity contribution is -0.161. The molecule has 2 N–H and O–H groups in total. The molecule has 2 aliphatic heterocycles. The van der Waals surface area contributed by atoms with Gasteiger partial charge in [-0.1, -0.05) is 18.2 Å². The van der Waals surface area contributed by atoms with E-state index in [1.165, 1.54) is 0 Å². The average molecular weight is 368 g/mol. The first-order valence-electron chi connectivity index (χ1n) is 9.34. The molecule has 2 atom stereocenters. The highest BCUT2D eigenvalue weighted by Crippen LogP contribution is 2.42. The first-order chi connectivity index (χ1) is 13.0. The Labute approximate surface area is 158 Å². The zero-order chi connectivity index (χ0) is 19.0. The number of hydrogen-bond acceptors (Lipinski definition) is 4. The van der Waals surface area contributed by atoms with Gasteiger partial charge >= 0.3 is 5.97 Å². The van der Waals surface area contributed by atoms with Gasteiger partial charge in [-0.3, -0.25) is 9.59 Å². The molecule has 27 heavy (non-hydrogen) atoms. The maximum absolute atomic E-state index is 13.3. The number of likely N-dealkylation sites (N-methyl/N-ethyl adjacent to an activating group) is 1. The lowest BCUT2D eigenvalue weighted by Crippen LogP contribution is -2.63. The van der Waals surface area contributed by atoms with Crippen molar-refractivity contribution in [2.75, 3.05) is 26.7 Å². The molecule has 0 radical (unpaired) electrons. The van der Waals surface area contributed by atoms with E-state index in [1.54, 1.807) is 17.3 Å². The Hall–Kier alpha value is -2.67. The molecule has 1 aromatic carbocycles. The molecule has 0 saturated carbocycles. The Kier molecular flexibility index (Phi) is 4.47.